The Hall–Kier alpha value is -0.770. The molecule has 4 nitrogen and oxygen atoms in total. The first-order valence-corrected chi connectivity index (χ1v) is 8.00. The van der Waals surface area contributed by atoms with Gasteiger partial charge in [0.25, 0.3) is 0 Å². The second-order valence-electron chi connectivity index (χ2n) is 6.12. The van der Waals surface area contributed by atoms with Crippen molar-refractivity contribution in [2.45, 2.75) is 63.8 Å². The Balaban J connectivity index is 2.11. The normalized spacial score (nSPS) is 22.5. The van der Waals surface area contributed by atoms with Crippen molar-refractivity contribution < 1.29 is 4.79 Å². The van der Waals surface area contributed by atoms with Crippen molar-refractivity contribution >= 4 is 6.03 Å². The number of nitrogens with zero attached hydrogens (tertiary/aromatic N) is 2. The molecule has 4 heteroatoms. The number of carbonyl (C=O) groups excluding carboxylic acids is 1. The van der Waals surface area contributed by atoms with E-state index in [0.29, 0.717) is 6.54 Å². The standard InChI is InChI=1S/C15H29N3O/c1-2-10-18(15(13-16)8-4-5-9-15)14(19)17-11-6-3-7-12-17/h2-13,16H2,1H3. The van der Waals surface area contributed by atoms with Crippen molar-refractivity contribution in [3.63, 3.8) is 0 Å². The highest BCUT2D eigenvalue weighted by Crippen LogP contribution is 2.35. The number of piperidine rings is 1. The Morgan fingerprint density at radius 3 is 2.32 bits per heavy atom. The van der Waals surface area contributed by atoms with Crippen molar-refractivity contribution in [2.24, 2.45) is 5.73 Å². The molecule has 0 bridgehead atoms. The van der Waals surface area contributed by atoms with Crippen LogP contribution in [0.1, 0.15) is 58.3 Å². The SMILES string of the molecule is CCCN(C(=O)N1CCCCC1)C1(CN)CCCC1. The number of amides is 2. The van der Waals surface area contributed by atoms with Crippen molar-refractivity contribution in [3.8, 4) is 0 Å². The van der Waals surface area contributed by atoms with Crippen LogP contribution in [0, 0.1) is 0 Å². The molecule has 2 aliphatic rings. The maximum Gasteiger partial charge on any atom is 0.320 e. The van der Waals surface area contributed by atoms with Gasteiger partial charge in [0.15, 0.2) is 0 Å². The molecule has 1 heterocycles. The lowest BCUT2D eigenvalue weighted by Gasteiger charge is -2.44. The highest BCUT2D eigenvalue weighted by molar-refractivity contribution is 5.75. The number of hydrogen-bond acceptors (Lipinski definition) is 2. The minimum atomic E-state index is -0.0511. The van der Waals surface area contributed by atoms with Crippen LogP contribution in [0.25, 0.3) is 0 Å². The molecule has 2 fully saturated rings. The van der Waals surface area contributed by atoms with Crippen LogP contribution >= 0.6 is 0 Å². The largest absolute Gasteiger partial charge is 0.328 e. The maximum absolute atomic E-state index is 12.8. The van der Waals surface area contributed by atoms with Gasteiger partial charge in [-0.1, -0.05) is 19.8 Å². The van der Waals surface area contributed by atoms with Gasteiger partial charge >= 0.3 is 6.03 Å². The molecule has 1 saturated heterocycles. The lowest BCUT2D eigenvalue weighted by atomic mass is 9.95. The maximum atomic E-state index is 12.8. The molecule has 0 unspecified atom stereocenters. The summed E-state index contributed by atoms with van der Waals surface area (Å²) in [6.45, 7) is 5.48. The molecule has 110 valence electrons. The van der Waals surface area contributed by atoms with Gasteiger partial charge in [-0.2, -0.15) is 0 Å². The average molecular weight is 267 g/mol. The fraction of sp³-hybridized carbons (Fsp3) is 0.933. The molecule has 0 aromatic carbocycles. The summed E-state index contributed by atoms with van der Waals surface area (Å²) in [4.78, 5) is 17.0. The van der Waals surface area contributed by atoms with E-state index >= 15 is 0 Å². The number of urea groups is 1. The zero-order valence-corrected chi connectivity index (χ0v) is 12.4. The number of carbonyl (C=O) groups is 1. The second kappa shape index (κ2) is 6.60. The van der Waals surface area contributed by atoms with Crippen LogP contribution in [0.2, 0.25) is 0 Å². The van der Waals surface area contributed by atoms with Gasteiger partial charge in [-0.15, -0.1) is 0 Å². The van der Waals surface area contributed by atoms with E-state index in [9.17, 15) is 4.79 Å². The van der Waals surface area contributed by atoms with E-state index < -0.39 is 0 Å². The molecule has 1 aliphatic carbocycles. The predicted octanol–water partition coefficient (Wildman–Crippen LogP) is 2.58. The molecular formula is C15H29N3O. The van der Waals surface area contributed by atoms with E-state index in [-0.39, 0.29) is 11.6 Å². The van der Waals surface area contributed by atoms with Crippen LogP contribution in [0.3, 0.4) is 0 Å². The Morgan fingerprint density at radius 1 is 1.16 bits per heavy atom. The molecule has 2 rings (SSSR count). The van der Waals surface area contributed by atoms with E-state index in [1.165, 1.54) is 19.3 Å². The quantitative estimate of drug-likeness (QED) is 0.851. The van der Waals surface area contributed by atoms with Crippen molar-refractivity contribution in [3.05, 3.63) is 0 Å². The Labute approximate surface area is 117 Å². The van der Waals surface area contributed by atoms with Gasteiger partial charge in [0.05, 0.1) is 5.54 Å². The zero-order chi connectivity index (χ0) is 13.7. The van der Waals surface area contributed by atoms with Gasteiger partial charge in [-0.3, -0.25) is 0 Å². The monoisotopic (exact) mass is 267 g/mol. The van der Waals surface area contributed by atoms with E-state index in [1.54, 1.807) is 0 Å². The molecule has 1 saturated carbocycles. The Kier molecular flexibility index (Phi) is 5.08. The zero-order valence-electron chi connectivity index (χ0n) is 12.4. The van der Waals surface area contributed by atoms with Crippen molar-refractivity contribution in [1.29, 1.82) is 0 Å². The van der Waals surface area contributed by atoms with Gasteiger partial charge in [-0.25, -0.2) is 4.79 Å². The fourth-order valence-corrected chi connectivity index (χ4v) is 3.63. The fourth-order valence-electron chi connectivity index (χ4n) is 3.63. The Morgan fingerprint density at radius 2 is 1.79 bits per heavy atom. The molecule has 2 amide bonds. The van der Waals surface area contributed by atoms with E-state index in [1.807, 2.05) is 0 Å². The smallest absolute Gasteiger partial charge is 0.320 e. The average Bonchev–Trinajstić information content (AvgIpc) is 2.95. The van der Waals surface area contributed by atoms with E-state index in [2.05, 4.69) is 16.7 Å². The van der Waals surface area contributed by atoms with Crippen LogP contribution in [0.4, 0.5) is 4.79 Å². The summed E-state index contributed by atoms with van der Waals surface area (Å²) < 4.78 is 0. The Bertz CT molecular complexity index is 294. The predicted molar refractivity (Wildman–Crippen MR) is 78.1 cm³/mol. The van der Waals surface area contributed by atoms with Crippen molar-refractivity contribution in [1.82, 2.24) is 9.80 Å². The minimum absolute atomic E-state index is 0.0511. The lowest BCUT2D eigenvalue weighted by Crippen LogP contribution is -2.59. The summed E-state index contributed by atoms with van der Waals surface area (Å²) in [6.07, 6.45) is 9.19. The molecule has 0 aromatic heterocycles. The van der Waals surface area contributed by atoms with Crippen LogP contribution in [0.15, 0.2) is 0 Å². The molecule has 0 aromatic rings. The summed E-state index contributed by atoms with van der Waals surface area (Å²) in [6, 6.07) is 0.244. The first-order chi connectivity index (χ1) is 9.23. The molecule has 1 aliphatic heterocycles. The third kappa shape index (κ3) is 3.04. The number of hydrogen-bond donors (Lipinski definition) is 1. The van der Waals surface area contributed by atoms with Gasteiger partial charge in [-0.05, 0) is 38.5 Å². The molecule has 0 radical (unpaired) electrons. The number of rotatable bonds is 4. The molecule has 2 N–H and O–H groups in total. The molecule has 0 spiro atoms. The topological polar surface area (TPSA) is 49.6 Å². The second-order valence-corrected chi connectivity index (χ2v) is 6.12. The summed E-state index contributed by atoms with van der Waals surface area (Å²) >= 11 is 0. The minimum Gasteiger partial charge on any atom is -0.328 e. The van der Waals surface area contributed by atoms with Gasteiger partial charge in [0.1, 0.15) is 0 Å². The summed E-state index contributed by atoms with van der Waals surface area (Å²) in [5.74, 6) is 0. The number of likely N-dealkylation sites (tertiary alicyclic amines) is 1. The third-order valence-corrected chi connectivity index (χ3v) is 4.79. The van der Waals surface area contributed by atoms with Crippen LogP contribution < -0.4 is 5.73 Å². The molecular weight excluding hydrogens is 238 g/mol. The van der Waals surface area contributed by atoms with Gasteiger partial charge < -0.3 is 15.5 Å². The number of nitrogens with two attached hydrogens (primary N) is 1. The first kappa shape index (κ1) is 14.6. The molecule has 19 heavy (non-hydrogen) atoms. The van der Waals surface area contributed by atoms with E-state index in [4.69, 9.17) is 5.73 Å². The summed E-state index contributed by atoms with van der Waals surface area (Å²) in [5, 5.41) is 0. The van der Waals surface area contributed by atoms with Crippen molar-refractivity contribution in [2.75, 3.05) is 26.2 Å². The molecule has 0 atom stereocenters. The van der Waals surface area contributed by atoms with E-state index in [0.717, 1.165) is 51.7 Å². The van der Waals surface area contributed by atoms with Gasteiger partial charge in [0, 0.05) is 26.2 Å². The summed E-state index contributed by atoms with van der Waals surface area (Å²) in [7, 11) is 0. The van der Waals surface area contributed by atoms with Gasteiger partial charge in [0.2, 0.25) is 0 Å². The van der Waals surface area contributed by atoms with Crippen LogP contribution in [-0.4, -0.2) is 47.5 Å². The highest BCUT2D eigenvalue weighted by atomic mass is 16.2. The third-order valence-electron chi connectivity index (χ3n) is 4.79. The summed E-state index contributed by atoms with van der Waals surface area (Å²) in [5.41, 5.74) is 6.00. The first-order valence-electron chi connectivity index (χ1n) is 8.00. The van der Waals surface area contributed by atoms with Crippen LogP contribution in [-0.2, 0) is 0 Å². The lowest BCUT2D eigenvalue weighted by molar-refractivity contribution is 0.0843. The highest BCUT2D eigenvalue weighted by Gasteiger charge is 2.42. The van der Waals surface area contributed by atoms with Crippen LogP contribution in [0.5, 0.6) is 0 Å².